The van der Waals surface area contributed by atoms with Gasteiger partial charge in [-0.05, 0) is 19.2 Å². The van der Waals surface area contributed by atoms with Crippen molar-refractivity contribution < 1.29 is 19.1 Å². The summed E-state index contributed by atoms with van der Waals surface area (Å²) in [4.78, 5) is 28.9. The number of para-hydroxylation sites is 1. The maximum atomic E-state index is 13.0. The van der Waals surface area contributed by atoms with Crippen LogP contribution in [0.25, 0.3) is 0 Å². The lowest BCUT2D eigenvalue weighted by atomic mass is 10.1. The fourth-order valence-corrected chi connectivity index (χ4v) is 3.14. The smallest absolute Gasteiger partial charge is 0.257 e. The molecule has 2 amide bonds. The number of hydrogen-bond donors (Lipinski definition) is 1. The summed E-state index contributed by atoms with van der Waals surface area (Å²) in [5.41, 5.74) is 0.493. The van der Waals surface area contributed by atoms with Crippen LogP contribution in [0, 0.1) is 5.92 Å². The van der Waals surface area contributed by atoms with Crippen LogP contribution in [0.5, 0.6) is 11.5 Å². The molecule has 0 spiro atoms. The van der Waals surface area contributed by atoms with Crippen molar-refractivity contribution in [3.63, 3.8) is 0 Å². The zero-order valence-electron chi connectivity index (χ0n) is 14.1. The van der Waals surface area contributed by atoms with Crippen LogP contribution in [0.1, 0.15) is 10.4 Å². The van der Waals surface area contributed by atoms with Gasteiger partial charge in [-0.1, -0.05) is 6.07 Å². The van der Waals surface area contributed by atoms with E-state index in [1.807, 2.05) is 7.05 Å². The first kappa shape index (κ1) is 16.6. The molecular weight excluding hydrogens is 310 g/mol. The molecule has 1 fully saturated rings. The molecule has 2 heterocycles. The fourth-order valence-electron chi connectivity index (χ4n) is 3.14. The van der Waals surface area contributed by atoms with E-state index < -0.39 is 0 Å². The predicted octanol–water partition coefficient (Wildman–Crippen LogP) is 0.208. The van der Waals surface area contributed by atoms with E-state index in [2.05, 4.69) is 10.2 Å². The number of benzene rings is 1. The summed E-state index contributed by atoms with van der Waals surface area (Å²) in [6, 6.07) is 5.34. The van der Waals surface area contributed by atoms with Gasteiger partial charge in [0.15, 0.2) is 11.5 Å². The van der Waals surface area contributed by atoms with Crippen molar-refractivity contribution in [3.05, 3.63) is 23.8 Å². The Bertz CT molecular complexity index is 634. The molecule has 7 nitrogen and oxygen atoms in total. The van der Waals surface area contributed by atoms with Gasteiger partial charge in [0, 0.05) is 33.2 Å². The highest BCUT2D eigenvalue weighted by atomic mass is 16.6. The second-order valence-corrected chi connectivity index (χ2v) is 6.15. The minimum Gasteiger partial charge on any atom is -0.486 e. The van der Waals surface area contributed by atoms with Gasteiger partial charge in [-0.15, -0.1) is 0 Å². The van der Waals surface area contributed by atoms with E-state index in [0.29, 0.717) is 49.9 Å². The summed E-state index contributed by atoms with van der Waals surface area (Å²) in [5, 5.41) is 2.68. The predicted molar refractivity (Wildman–Crippen MR) is 88.4 cm³/mol. The van der Waals surface area contributed by atoms with Gasteiger partial charge >= 0.3 is 0 Å². The van der Waals surface area contributed by atoms with Crippen molar-refractivity contribution in [2.75, 3.05) is 53.5 Å². The molecule has 1 atom stereocenters. The minimum absolute atomic E-state index is 0.0452. The normalized spacial score (nSPS) is 21.1. The van der Waals surface area contributed by atoms with Crippen molar-refractivity contribution in [1.29, 1.82) is 0 Å². The van der Waals surface area contributed by atoms with E-state index in [0.717, 1.165) is 6.54 Å². The molecule has 2 aliphatic heterocycles. The van der Waals surface area contributed by atoms with Crippen LogP contribution in [-0.4, -0.2) is 75.1 Å². The maximum absolute atomic E-state index is 13.0. The summed E-state index contributed by atoms with van der Waals surface area (Å²) in [6.45, 7) is 3.25. The Morgan fingerprint density at radius 1 is 1.17 bits per heavy atom. The first-order valence-electron chi connectivity index (χ1n) is 8.18. The van der Waals surface area contributed by atoms with E-state index in [9.17, 15) is 9.59 Å². The summed E-state index contributed by atoms with van der Waals surface area (Å²) in [6.07, 6.45) is 0. The largest absolute Gasteiger partial charge is 0.486 e. The standard InChI is InChI=1S/C17H23N3O4/c1-18-16(21)12-10-19(2)6-7-20(11-12)17(22)13-4-3-5-14-15(13)24-9-8-23-14/h3-5,12H,6-11H2,1-2H3,(H,18,21). The molecule has 1 aromatic carbocycles. The Morgan fingerprint density at radius 2 is 1.96 bits per heavy atom. The van der Waals surface area contributed by atoms with Gasteiger partial charge in [0.25, 0.3) is 5.91 Å². The zero-order valence-corrected chi connectivity index (χ0v) is 14.1. The van der Waals surface area contributed by atoms with Gasteiger partial charge in [-0.2, -0.15) is 0 Å². The third kappa shape index (κ3) is 3.31. The highest BCUT2D eigenvalue weighted by Crippen LogP contribution is 2.34. The second-order valence-electron chi connectivity index (χ2n) is 6.15. The number of ether oxygens (including phenoxy) is 2. The first-order chi connectivity index (χ1) is 11.6. The Morgan fingerprint density at radius 3 is 2.75 bits per heavy atom. The Balaban J connectivity index is 1.85. The molecule has 0 radical (unpaired) electrons. The number of amides is 2. The van der Waals surface area contributed by atoms with Gasteiger partial charge in [-0.3, -0.25) is 9.59 Å². The molecular formula is C17H23N3O4. The molecule has 1 saturated heterocycles. The fraction of sp³-hybridized carbons (Fsp3) is 0.529. The topological polar surface area (TPSA) is 71.1 Å². The molecule has 2 aliphatic rings. The number of carbonyl (C=O) groups excluding carboxylic acids is 2. The van der Waals surface area contributed by atoms with Crippen molar-refractivity contribution in [2.45, 2.75) is 0 Å². The third-order valence-electron chi connectivity index (χ3n) is 4.43. The van der Waals surface area contributed by atoms with Crippen LogP contribution in [0.4, 0.5) is 0 Å². The lowest BCUT2D eigenvalue weighted by Crippen LogP contribution is -2.41. The lowest BCUT2D eigenvalue weighted by Gasteiger charge is -2.26. The quantitative estimate of drug-likeness (QED) is 0.838. The van der Waals surface area contributed by atoms with Crippen molar-refractivity contribution >= 4 is 11.8 Å². The molecule has 7 heteroatoms. The highest BCUT2D eigenvalue weighted by Gasteiger charge is 2.31. The number of nitrogens with one attached hydrogen (secondary N) is 1. The van der Waals surface area contributed by atoms with Crippen LogP contribution >= 0.6 is 0 Å². The maximum Gasteiger partial charge on any atom is 0.257 e. The summed E-state index contributed by atoms with van der Waals surface area (Å²) >= 11 is 0. The van der Waals surface area contributed by atoms with Crippen molar-refractivity contribution in [1.82, 2.24) is 15.1 Å². The first-order valence-corrected chi connectivity index (χ1v) is 8.18. The van der Waals surface area contributed by atoms with Crippen LogP contribution in [0.2, 0.25) is 0 Å². The average molecular weight is 333 g/mol. The SMILES string of the molecule is CNC(=O)C1CN(C)CCN(C(=O)c2cccc3c2OCCO3)C1. The van der Waals surface area contributed by atoms with E-state index >= 15 is 0 Å². The van der Waals surface area contributed by atoms with Crippen LogP contribution in [0.15, 0.2) is 18.2 Å². The third-order valence-corrected chi connectivity index (χ3v) is 4.43. The Kier molecular flexibility index (Phi) is 4.89. The Hall–Kier alpha value is -2.28. The number of carbonyl (C=O) groups is 2. The number of hydrogen-bond acceptors (Lipinski definition) is 5. The van der Waals surface area contributed by atoms with Crippen LogP contribution < -0.4 is 14.8 Å². The van der Waals surface area contributed by atoms with E-state index in [1.165, 1.54) is 0 Å². The molecule has 24 heavy (non-hydrogen) atoms. The molecule has 1 unspecified atom stereocenters. The lowest BCUT2D eigenvalue weighted by molar-refractivity contribution is -0.125. The number of fused-ring (bicyclic) bond motifs is 1. The van der Waals surface area contributed by atoms with Crippen molar-refractivity contribution in [2.24, 2.45) is 5.92 Å². The van der Waals surface area contributed by atoms with Crippen molar-refractivity contribution in [3.8, 4) is 11.5 Å². The summed E-state index contributed by atoms with van der Waals surface area (Å²) in [7, 11) is 3.59. The molecule has 1 N–H and O–H groups in total. The second kappa shape index (κ2) is 7.09. The summed E-state index contributed by atoms with van der Waals surface area (Å²) < 4.78 is 11.2. The van der Waals surface area contributed by atoms with Gasteiger partial charge in [0.2, 0.25) is 5.91 Å². The Labute approximate surface area is 141 Å². The molecule has 3 rings (SSSR count). The monoisotopic (exact) mass is 333 g/mol. The van der Waals surface area contributed by atoms with Crippen LogP contribution in [0.3, 0.4) is 0 Å². The van der Waals surface area contributed by atoms with Crippen LogP contribution in [-0.2, 0) is 4.79 Å². The number of rotatable bonds is 2. The molecule has 0 aromatic heterocycles. The number of likely N-dealkylation sites (N-methyl/N-ethyl adjacent to an activating group) is 1. The summed E-state index contributed by atoms with van der Waals surface area (Å²) in [5.74, 6) is 0.686. The molecule has 0 saturated carbocycles. The van der Waals surface area contributed by atoms with E-state index in [1.54, 1.807) is 30.1 Å². The molecule has 0 aliphatic carbocycles. The zero-order chi connectivity index (χ0) is 17.1. The highest BCUT2D eigenvalue weighted by molar-refractivity contribution is 5.98. The van der Waals surface area contributed by atoms with Gasteiger partial charge < -0.3 is 24.6 Å². The van der Waals surface area contributed by atoms with E-state index in [-0.39, 0.29) is 17.7 Å². The van der Waals surface area contributed by atoms with Gasteiger partial charge in [-0.25, -0.2) is 0 Å². The average Bonchev–Trinajstić information content (AvgIpc) is 2.81. The minimum atomic E-state index is -0.247. The molecule has 130 valence electrons. The van der Waals surface area contributed by atoms with E-state index in [4.69, 9.17) is 9.47 Å². The number of nitrogens with zero attached hydrogens (tertiary/aromatic N) is 2. The molecule has 0 bridgehead atoms. The van der Waals surface area contributed by atoms with Gasteiger partial charge in [0.1, 0.15) is 13.2 Å². The molecule has 1 aromatic rings. The van der Waals surface area contributed by atoms with Gasteiger partial charge in [0.05, 0.1) is 11.5 Å².